The second kappa shape index (κ2) is 5.59. The molecular formula is C21H21N3O. The maximum absolute atomic E-state index is 5.71. The summed E-state index contributed by atoms with van der Waals surface area (Å²) in [7, 11) is 1.90. The van der Waals surface area contributed by atoms with Crippen molar-refractivity contribution in [2.75, 3.05) is 0 Å². The molecule has 0 amide bonds. The minimum atomic E-state index is 0.140. The molecule has 3 heterocycles. The Morgan fingerprint density at radius 1 is 0.920 bits per heavy atom. The first-order valence-electron chi connectivity index (χ1n) is 8.41. The quantitative estimate of drug-likeness (QED) is 0.507. The highest BCUT2D eigenvalue weighted by molar-refractivity contribution is 5.91. The summed E-state index contributed by atoms with van der Waals surface area (Å²) in [4.78, 5) is 4.80. The van der Waals surface area contributed by atoms with Gasteiger partial charge in [-0.05, 0) is 34.7 Å². The smallest absolute Gasteiger partial charge is 0.153 e. The summed E-state index contributed by atoms with van der Waals surface area (Å²) in [6.07, 6.45) is 3.70. The van der Waals surface area contributed by atoms with Crippen LogP contribution in [-0.4, -0.2) is 14.8 Å². The predicted molar refractivity (Wildman–Crippen MR) is 100 cm³/mol. The zero-order valence-corrected chi connectivity index (χ0v) is 14.9. The van der Waals surface area contributed by atoms with Crippen LogP contribution in [0.4, 0.5) is 0 Å². The molecule has 0 saturated heterocycles. The van der Waals surface area contributed by atoms with Crippen LogP contribution in [0.15, 0.2) is 59.3 Å². The number of aromatic nitrogens is 3. The van der Waals surface area contributed by atoms with E-state index >= 15 is 0 Å². The van der Waals surface area contributed by atoms with Gasteiger partial charge in [-0.25, -0.2) is 4.98 Å². The molecule has 0 radical (unpaired) electrons. The highest BCUT2D eigenvalue weighted by atomic mass is 16.3. The van der Waals surface area contributed by atoms with E-state index in [4.69, 9.17) is 9.40 Å². The molecule has 0 spiro atoms. The van der Waals surface area contributed by atoms with Gasteiger partial charge in [-0.3, -0.25) is 4.68 Å². The van der Waals surface area contributed by atoms with Crippen LogP contribution in [0.1, 0.15) is 26.3 Å². The first-order chi connectivity index (χ1) is 11.9. The second-order valence-corrected chi connectivity index (χ2v) is 7.39. The Morgan fingerprint density at radius 2 is 1.68 bits per heavy atom. The molecule has 0 atom stereocenters. The molecule has 4 rings (SSSR count). The lowest BCUT2D eigenvalue weighted by Crippen LogP contribution is -2.10. The summed E-state index contributed by atoms with van der Waals surface area (Å²) >= 11 is 0. The Morgan fingerprint density at radius 3 is 2.32 bits per heavy atom. The summed E-state index contributed by atoms with van der Waals surface area (Å²) in [6.45, 7) is 6.65. The first-order valence-corrected chi connectivity index (χ1v) is 8.41. The minimum Gasteiger partial charge on any atom is -0.462 e. The summed E-state index contributed by atoms with van der Waals surface area (Å²) < 4.78 is 7.49. The van der Waals surface area contributed by atoms with Gasteiger partial charge in [0.25, 0.3) is 0 Å². The highest BCUT2D eigenvalue weighted by Crippen LogP contribution is 2.32. The normalized spacial score (nSPS) is 12.0. The van der Waals surface area contributed by atoms with Crippen molar-refractivity contribution in [2.45, 2.75) is 26.2 Å². The second-order valence-electron chi connectivity index (χ2n) is 7.39. The number of nitrogens with zero attached hydrogens (tertiary/aromatic N) is 3. The van der Waals surface area contributed by atoms with Crippen LogP contribution in [0.2, 0.25) is 0 Å². The fraction of sp³-hybridized carbons (Fsp3) is 0.238. The molecule has 3 aromatic heterocycles. The van der Waals surface area contributed by atoms with Crippen LogP contribution in [0.5, 0.6) is 0 Å². The van der Waals surface area contributed by atoms with Crippen molar-refractivity contribution in [1.82, 2.24) is 14.8 Å². The summed E-state index contributed by atoms with van der Waals surface area (Å²) in [5.41, 5.74) is 6.93. The van der Waals surface area contributed by atoms with E-state index in [1.54, 1.807) is 10.9 Å². The van der Waals surface area contributed by atoms with Gasteiger partial charge in [0.2, 0.25) is 0 Å². The van der Waals surface area contributed by atoms with Gasteiger partial charge in [-0.1, -0.05) is 45.0 Å². The van der Waals surface area contributed by atoms with E-state index in [9.17, 15) is 0 Å². The number of pyridine rings is 1. The average Bonchev–Trinajstić information content (AvgIpc) is 3.19. The van der Waals surface area contributed by atoms with Gasteiger partial charge < -0.3 is 4.42 Å². The maximum Gasteiger partial charge on any atom is 0.153 e. The molecule has 0 unspecified atom stereocenters. The molecule has 0 aliphatic heterocycles. The van der Waals surface area contributed by atoms with Gasteiger partial charge in [-0.15, -0.1) is 0 Å². The number of benzene rings is 1. The van der Waals surface area contributed by atoms with Crippen LogP contribution in [0, 0.1) is 0 Å². The standard InChI is InChI=1S/C21H21N3O/c1-21(2,3)15-7-5-14(6-8-15)16-13-25-19-10-9-17(22-20(16)19)18-11-12-24(4)23-18/h5-13H,1-4H3. The zero-order chi connectivity index (χ0) is 17.6. The van der Waals surface area contributed by atoms with Crippen LogP contribution >= 0.6 is 0 Å². The molecule has 0 N–H and O–H groups in total. The fourth-order valence-corrected chi connectivity index (χ4v) is 2.96. The van der Waals surface area contributed by atoms with Crippen molar-refractivity contribution in [3.05, 3.63) is 60.5 Å². The molecule has 1 aromatic carbocycles. The number of hydrogen-bond acceptors (Lipinski definition) is 3. The minimum absolute atomic E-state index is 0.140. The van der Waals surface area contributed by atoms with Gasteiger partial charge in [0.15, 0.2) is 5.58 Å². The van der Waals surface area contributed by atoms with E-state index in [-0.39, 0.29) is 5.41 Å². The molecule has 0 aliphatic rings. The molecule has 25 heavy (non-hydrogen) atoms. The average molecular weight is 331 g/mol. The third kappa shape index (κ3) is 2.84. The topological polar surface area (TPSA) is 43.9 Å². The maximum atomic E-state index is 5.71. The van der Waals surface area contributed by atoms with E-state index < -0.39 is 0 Å². The molecular weight excluding hydrogens is 310 g/mol. The van der Waals surface area contributed by atoms with Gasteiger partial charge >= 0.3 is 0 Å². The van der Waals surface area contributed by atoms with Crippen LogP contribution in [0.3, 0.4) is 0 Å². The van der Waals surface area contributed by atoms with E-state index in [0.717, 1.165) is 33.6 Å². The highest BCUT2D eigenvalue weighted by Gasteiger charge is 2.15. The number of aryl methyl sites for hydroxylation is 1. The van der Waals surface area contributed by atoms with Crippen LogP contribution in [0.25, 0.3) is 33.6 Å². The number of furan rings is 1. The molecule has 0 aliphatic carbocycles. The van der Waals surface area contributed by atoms with Crippen LogP contribution < -0.4 is 0 Å². The number of fused-ring (bicyclic) bond motifs is 1. The zero-order valence-electron chi connectivity index (χ0n) is 14.9. The lowest BCUT2D eigenvalue weighted by atomic mass is 9.86. The fourth-order valence-electron chi connectivity index (χ4n) is 2.96. The molecule has 4 heteroatoms. The van der Waals surface area contributed by atoms with Gasteiger partial charge in [0.05, 0.1) is 5.69 Å². The van der Waals surface area contributed by atoms with Crippen molar-refractivity contribution >= 4 is 11.1 Å². The van der Waals surface area contributed by atoms with E-state index in [0.29, 0.717) is 0 Å². The third-order valence-electron chi connectivity index (χ3n) is 4.46. The number of hydrogen-bond donors (Lipinski definition) is 0. The Bertz CT molecular complexity index is 1030. The van der Waals surface area contributed by atoms with Crippen molar-refractivity contribution in [3.63, 3.8) is 0 Å². The lowest BCUT2D eigenvalue weighted by molar-refractivity contribution is 0.590. The summed E-state index contributed by atoms with van der Waals surface area (Å²) in [5.74, 6) is 0. The predicted octanol–water partition coefficient (Wildman–Crippen LogP) is 5.19. The Kier molecular flexibility index (Phi) is 3.49. The van der Waals surface area contributed by atoms with Crippen molar-refractivity contribution in [3.8, 4) is 22.5 Å². The molecule has 0 fully saturated rings. The van der Waals surface area contributed by atoms with Crippen molar-refractivity contribution < 1.29 is 4.42 Å². The van der Waals surface area contributed by atoms with Crippen LogP contribution in [-0.2, 0) is 12.5 Å². The summed E-state index contributed by atoms with van der Waals surface area (Å²) in [5, 5.41) is 4.44. The molecule has 0 bridgehead atoms. The SMILES string of the molecule is Cn1ccc(-c2ccc3occ(-c4ccc(C(C)(C)C)cc4)c3n2)n1. The molecule has 4 aromatic rings. The first kappa shape index (κ1) is 15.6. The van der Waals surface area contributed by atoms with Crippen molar-refractivity contribution in [1.29, 1.82) is 0 Å². The Labute approximate surface area is 147 Å². The van der Waals surface area contributed by atoms with Gasteiger partial charge in [0.1, 0.15) is 17.5 Å². The Hall–Kier alpha value is -2.88. The van der Waals surface area contributed by atoms with Crippen molar-refractivity contribution in [2.24, 2.45) is 7.05 Å². The van der Waals surface area contributed by atoms with E-state index in [1.165, 1.54) is 5.56 Å². The summed E-state index contributed by atoms with van der Waals surface area (Å²) in [6, 6.07) is 14.5. The molecule has 0 saturated carbocycles. The molecule has 4 nitrogen and oxygen atoms in total. The van der Waals surface area contributed by atoms with E-state index in [1.807, 2.05) is 31.4 Å². The lowest BCUT2D eigenvalue weighted by Gasteiger charge is -2.19. The van der Waals surface area contributed by atoms with Gasteiger partial charge in [0, 0.05) is 18.8 Å². The van der Waals surface area contributed by atoms with E-state index in [2.05, 4.69) is 50.1 Å². The number of rotatable bonds is 2. The Balaban J connectivity index is 1.79. The monoisotopic (exact) mass is 331 g/mol. The molecule has 126 valence electrons. The largest absolute Gasteiger partial charge is 0.462 e. The third-order valence-corrected chi connectivity index (χ3v) is 4.46. The van der Waals surface area contributed by atoms with Gasteiger partial charge in [-0.2, -0.15) is 5.10 Å².